The molecule has 2 aliphatic carbocycles. The number of carboxylic acids is 1. The van der Waals surface area contributed by atoms with Crippen LogP contribution < -0.4 is 0 Å². The molecule has 3 N–H and O–H groups in total. The van der Waals surface area contributed by atoms with Crippen molar-refractivity contribution in [3.05, 3.63) is 11.6 Å². The van der Waals surface area contributed by atoms with Crippen molar-refractivity contribution in [3.63, 3.8) is 0 Å². The van der Waals surface area contributed by atoms with E-state index in [-0.39, 0.29) is 18.3 Å². The largest absolute Gasteiger partial charge is 0.481 e. The van der Waals surface area contributed by atoms with Crippen molar-refractivity contribution in [2.45, 2.75) is 77.4 Å². The highest BCUT2D eigenvalue weighted by molar-refractivity contribution is 5.66. The molecule has 0 spiro atoms. The van der Waals surface area contributed by atoms with Gasteiger partial charge in [0.05, 0.1) is 6.10 Å². The van der Waals surface area contributed by atoms with E-state index in [0.29, 0.717) is 24.7 Å². The number of hydrogen-bond donors (Lipinski definition) is 3. The molecular formula is C23H32O4. The third-order valence-electron chi connectivity index (χ3n) is 5.74. The minimum Gasteiger partial charge on any atom is -0.481 e. The molecule has 0 aromatic heterocycles. The minimum atomic E-state index is -0.747. The highest BCUT2D eigenvalue weighted by Gasteiger charge is 2.45. The number of aliphatic hydroxyl groups excluding tert-OH is 2. The number of rotatable bonds is 6. The molecule has 0 radical (unpaired) electrons. The maximum atomic E-state index is 10.6. The first-order chi connectivity index (χ1) is 12.9. The minimum absolute atomic E-state index is 0.000775. The smallest absolute Gasteiger partial charge is 0.303 e. The highest BCUT2D eigenvalue weighted by Crippen LogP contribution is 2.49. The summed E-state index contributed by atoms with van der Waals surface area (Å²) in [6.45, 7) is 3.95. The summed E-state index contributed by atoms with van der Waals surface area (Å²) >= 11 is 0. The fourth-order valence-corrected chi connectivity index (χ4v) is 4.18. The Morgan fingerprint density at radius 2 is 2.11 bits per heavy atom. The summed E-state index contributed by atoms with van der Waals surface area (Å²) < 4.78 is 0. The van der Waals surface area contributed by atoms with E-state index in [1.165, 1.54) is 5.57 Å². The number of unbranched alkanes of at least 4 members (excludes halogenated alkanes) is 1. The van der Waals surface area contributed by atoms with Crippen LogP contribution in [0.4, 0.5) is 0 Å². The molecule has 0 amide bonds. The van der Waals surface area contributed by atoms with Crippen LogP contribution in [0.25, 0.3) is 0 Å². The molecule has 2 saturated carbocycles. The van der Waals surface area contributed by atoms with Crippen LogP contribution >= 0.6 is 0 Å². The molecule has 0 saturated heterocycles. The van der Waals surface area contributed by atoms with E-state index in [0.717, 1.165) is 32.1 Å². The fraction of sp³-hybridized carbons (Fsp3) is 0.696. The maximum Gasteiger partial charge on any atom is 0.303 e. The van der Waals surface area contributed by atoms with Crippen molar-refractivity contribution in [3.8, 4) is 23.7 Å². The van der Waals surface area contributed by atoms with E-state index >= 15 is 0 Å². The Hall–Kier alpha value is -1.75. The van der Waals surface area contributed by atoms with Crippen LogP contribution in [0, 0.1) is 47.4 Å². The number of aliphatic hydroxyl groups is 2. The van der Waals surface area contributed by atoms with E-state index in [9.17, 15) is 15.0 Å². The quantitative estimate of drug-likeness (QED) is 0.379. The summed E-state index contributed by atoms with van der Waals surface area (Å²) in [7, 11) is 0. The van der Waals surface area contributed by atoms with Crippen molar-refractivity contribution in [2.24, 2.45) is 23.7 Å². The lowest BCUT2D eigenvalue weighted by Gasteiger charge is -2.16. The summed E-state index contributed by atoms with van der Waals surface area (Å²) in [5.74, 6) is 12.2. The van der Waals surface area contributed by atoms with E-state index in [1.807, 2.05) is 13.8 Å². The molecule has 148 valence electrons. The number of allylic oxidation sites excluding steroid dienone is 2. The zero-order valence-corrected chi connectivity index (χ0v) is 16.4. The molecule has 0 aliphatic heterocycles. The molecule has 0 aromatic rings. The van der Waals surface area contributed by atoms with Crippen LogP contribution in [0.5, 0.6) is 0 Å². The van der Waals surface area contributed by atoms with Gasteiger partial charge in [-0.1, -0.05) is 37.3 Å². The first-order valence-corrected chi connectivity index (χ1v) is 10.1. The molecule has 4 nitrogen and oxygen atoms in total. The van der Waals surface area contributed by atoms with Gasteiger partial charge in [-0.25, -0.2) is 0 Å². The third kappa shape index (κ3) is 6.42. The lowest BCUT2D eigenvalue weighted by Crippen LogP contribution is -2.19. The standard InChI is InChI=1S/C23H32O4/c1-3-4-5-8-16(2)21(24)12-11-19-20-14-17(9-6-7-10-23(26)27)13-18(20)15-22(19)25/h9,16,18-22,24-25H,3,6-8,10,13-15H2,1-2H3,(H,26,27)/b17-9+/t16-,18-,19?,20-,21+,22+/m0/s1. The molecular weight excluding hydrogens is 340 g/mol. The van der Waals surface area contributed by atoms with Gasteiger partial charge in [0.2, 0.25) is 0 Å². The molecule has 27 heavy (non-hydrogen) atoms. The van der Waals surface area contributed by atoms with Gasteiger partial charge in [0.25, 0.3) is 0 Å². The van der Waals surface area contributed by atoms with Crippen molar-refractivity contribution >= 4 is 5.97 Å². The monoisotopic (exact) mass is 372 g/mol. The average molecular weight is 373 g/mol. The SMILES string of the molecule is CCC#CC[C@H](C)[C@H](O)C#CC1[C@H](O)C[C@@H]2C/C(=C\CCCC(=O)O)C[C@H]12. The molecule has 2 fully saturated rings. The van der Waals surface area contributed by atoms with Crippen LogP contribution in [0.3, 0.4) is 0 Å². The van der Waals surface area contributed by atoms with Crippen LogP contribution in [-0.4, -0.2) is 33.5 Å². The van der Waals surface area contributed by atoms with E-state index in [2.05, 4.69) is 29.8 Å². The Balaban J connectivity index is 1.91. The number of carboxylic acid groups (broad SMARTS) is 1. The second-order valence-corrected chi connectivity index (χ2v) is 7.93. The van der Waals surface area contributed by atoms with Gasteiger partial charge in [-0.2, -0.15) is 0 Å². The van der Waals surface area contributed by atoms with E-state index in [4.69, 9.17) is 5.11 Å². The van der Waals surface area contributed by atoms with E-state index in [1.54, 1.807) is 0 Å². The van der Waals surface area contributed by atoms with Crippen molar-refractivity contribution in [1.29, 1.82) is 0 Å². The number of fused-ring (bicyclic) bond motifs is 1. The van der Waals surface area contributed by atoms with E-state index < -0.39 is 18.2 Å². The zero-order valence-electron chi connectivity index (χ0n) is 16.4. The second-order valence-electron chi connectivity index (χ2n) is 7.93. The lowest BCUT2D eigenvalue weighted by atomic mass is 9.90. The van der Waals surface area contributed by atoms with Crippen molar-refractivity contribution in [1.82, 2.24) is 0 Å². The predicted octanol–water partition coefficient (Wildman–Crippen LogP) is 3.38. The molecule has 0 aromatic carbocycles. The van der Waals surface area contributed by atoms with Crippen LogP contribution in [0.1, 0.15) is 65.2 Å². The van der Waals surface area contributed by atoms with Crippen LogP contribution in [-0.2, 0) is 4.79 Å². The van der Waals surface area contributed by atoms with Gasteiger partial charge in [0.1, 0.15) is 6.10 Å². The predicted molar refractivity (Wildman–Crippen MR) is 106 cm³/mol. The Bertz CT molecular complexity index is 657. The van der Waals surface area contributed by atoms with Crippen molar-refractivity contribution < 1.29 is 20.1 Å². The highest BCUT2D eigenvalue weighted by atomic mass is 16.4. The summed E-state index contributed by atoms with van der Waals surface area (Å²) in [5.41, 5.74) is 1.37. The Morgan fingerprint density at radius 1 is 1.33 bits per heavy atom. The summed E-state index contributed by atoms with van der Waals surface area (Å²) in [6.07, 6.45) is 6.87. The molecule has 4 heteroatoms. The van der Waals surface area contributed by atoms with Gasteiger partial charge in [-0.05, 0) is 43.9 Å². The zero-order chi connectivity index (χ0) is 19.8. The maximum absolute atomic E-state index is 10.6. The number of hydrogen-bond acceptors (Lipinski definition) is 3. The summed E-state index contributed by atoms with van der Waals surface area (Å²) in [6, 6.07) is 0. The fourth-order valence-electron chi connectivity index (χ4n) is 4.18. The first kappa shape index (κ1) is 21.5. The lowest BCUT2D eigenvalue weighted by molar-refractivity contribution is -0.137. The van der Waals surface area contributed by atoms with Crippen LogP contribution in [0.15, 0.2) is 11.6 Å². The normalized spacial score (nSPS) is 30.0. The molecule has 6 atom stereocenters. The average Bonchev–Trinajstić information content (AvgIpc) is 3.13. The molecule has 0 heterocycles. The van der Waals surface area contributed by atoms with Crippen LogP contribution in [0.2, 0.25) is 0 Å². The molecule has 2 aliphatic rings. The number of carbonyl (C=O) groups is 1. The first-order valence-electron chi connectivity index (χ1n) is 10.1. The molecule has 0 bridgehead atoms. The Morgan fingerprint density at radius 3 is 2.81 bits per heavy atom. The van der Waals surface area contributed by atoms with Gasteiger partial charge in [-0.3, -0.25) is 4.79 Å². The van der Waals surface area contributed by atoms with Gasteiger partial charge in [0.15, 0.2) is 0 Å². The third-order valence-corrected chi connectivity index (χ3v) is 5.74. The Labute approximate surface area is 163 Å². The van der Waals surface area contributed by atoms with Gasteiger partial charge >= 0.3 is 5.97 Å². The van der Waals surface area contributed by atoms with Gasteiger partial charge in [0, 0.05) is 31.1 Å². The van der Waals surface area contributed by atoms with Crippen molar-refractivity contribution in [2.75, 3.05) is 0 Å². The summed E-state index contributed by atoms with van der Waals surface area (Å²) in [5, 5.41) is 29.4. The van der Waals surface area contributed by atoms with Gasteiger partial charge < -0.3 is 15.3 Å². The Kier molecular flexibility index (Phi) is 8.42. The topological polar surface area (TPSA) is 77.8 Å². The number of aliphatic carboxylic acids is 1. The summed E-state index contributed by atoms with van der Waals surface area (Å²) in [4.78, 5) is 10.6. The molecule has 1 unspecified atom stereocenters. The molecule has 2 rings (SSSR count). The van der Waals surface area contributed by atoms with Gasteiger partial charge in [-0.15, -0.1) is 11.8 Å². The second kappa shape index (κ2) is 10.5.